The summed E-state index contributed by atoms with van der Waals surface area (Å²) in [5.41, 5.74) is 0.332. The van der Waals surface area contributed by atoms with E-state index in [1.165, 1.54) is 12.8 Å². The van der Waals surface area contributed by atoms with Gasteiger partial charge in [0.25, 0.3) is 0 Å². The second-order valence-corrected chi connectivity index (χ2v) is 4.97. The van der Waals surface area contributed by atoms with Gasteiger partial charge in [-0.1, -0.05) is 30.3 Å². The largest absolute Gasteiger partial charge is 0.385 e. The van der Waals surface area contributed by atoms with Gasteiger partial charge in [-0.3, -0.25) is 0 Å². The van der Waals surface area contributed by atoms with E-state index in [-0.39, 0.29) is 27.0 Å². The van der Waals surface area contributed by atoms with Crippen molar-refractivity contribution in [2.75, 3.05) is 6.54 Å². The Morgan fingerprint density at radius 1 is 1.28 bits per heavy atom. The highest BCUT2D eigenvalue weighted by Gasteiger charge is 2.25. The number of aliphatic hydroxyl groups is 1. The van der Waals surface area contributed by atoms with Gasteiger partial charge in [-0.2, -0.15) is 27.0 Å². The fourth-order valence-electron chi connectivity index (χ4n) is 2.40. The Labute approximate surface area is 124 Å². The molecule has 2 N–H and O–H groups in total. The van der Waals surface area contributed by atoms with Crippen molar-refractivity contribution >= 4 is 27.0 Å². The summed E-state index contributed by atoms with van der Waals surface area (Å²) in [5, 5.41) is 13.9. The molecule has 104 valence electrons. The lowest BCUT2D eigenvalue weighted by Gasteiger charge is -2.25. The Kier molecular flexibility index (Phi) is 8.03. The summed E-state index contributed by atoms with van der Waals surface area (Å²) < 4.78 is 0. The first-order valence-corrected chi connectivity index (χ1v) is 6.20. The molecule has 1 aromatic rings. The topological polar surface area (TPSA) is 32.3 Å². The molecule has 2 rings (SSSR count). The number of benzene rings is 1. The van der Waals surface area contributed by atoms with Gasteiger partial charge in [0, 0.05) is 6.04 Å². The van der Waals surface area contributed by atoms with Gasteiger partial charge < -0.3 is 10.4 Å². The maximum absolute atomic E-state index is 10.4. The summed E-state index contributed by atoms with van der Waals surface area (Å²) in [4.78, 5) is 0. The van der Waals surface area contributed by atoms with E-state index < -0.39 is 5.60 Å². The van der Waals surface area contributed by atoms with Crippen molar-refractivity contribution in [3.8, 4) is 0 Å². The summed E-state index contributed by atoms with van der Waals surface area (Å²) in [6, 6.07) is 10.6. The van der Waals surface area contributed by atoms with E-state index in [4.69, 9.17) is 0 Å². The van der Waals surface area contributed by atoms with Gasteiger partial charge in [0.15, 0.2) is 0 Å². The molecule has 0 saturated carbocycles. The number of nitrogens with one attached hydrogen (secondary N) is 1. The van der Waals surface area contributed by atoms with Crippen LogP contribution in [-0.2, 0) is 5.60 Å². The van der Waals surface area contributed by atoms with Crippen LogP contribution in [0.1, 0.15) is 38.2 Å². The van der Waals surface area contributed by atoms with Crippen molar-refractivity contribution in [1.82, 2.24) is 5.32 Å². The van der Waals surface area contributed by atoms with Crippen LogP contribution < -0.4 is 5.32 Å². The van der Waals surface area contributed by atoms with Crippen molar-refractivity contribution in [3.63, 3.8) is 0 Å². The van der Waals surface area contributed by atoms with Gasteiger partial charge in [-0.15, -0.1) is 0 Å². The molecule has 1 saturated heterocycles. The molecule has 1 aromatic carbocycles. The standard InChI is InChI=1S/C14H21NO.2H2S/c1-14(16,12-6-3-2-4-7-12)10-9-13-8-5-11-15-13;;/h2-4,6-7,13,15-16H,5,8-11H2,1H3;2*1H2/t13-,14-;;/m0../s1. The van der Waals surface area contributed by atoms with Crippen LogP contribution in [0.2, 0.25) is 0 Å². The molecule has 0 aromatic heterocycles. The molecule has 0 unspecified atom stereocenters. The van der Waals surface area contributed by atoms with Crippen LogP contribution in [0, 0.1) is 0 Å². The van der Waals surface area contributed by atoms with Gasteiger partial charge in [0.05, 0.1) is 5.60 Å². The highest BCUT2D eigenvalue weighted by atomic mass is 32.1. The predicted octanol–water partition coefficient (Wildman–Crippen LogP) is 2.65. The smallest absolute Gasteiger partial charge is 0.0869 e. The van der Waals surface area contributed by atoms with Crippen molar-refractivity contribution in [2.24, 2.45) is 0 Å². The van der Waals surface area contributed by atoms with E-state index in [2.05, 4.69) is 5.32 Å². The molecule has 0 spiro atoms. The molecule has 1 heterocycles. The van der Waals surface area contributed by atoms with E-state index in [0.29, 0.717) is 6.04 Å². The molecule has 1 aliphatic heterocycles. The van der Waals surface area contributed by atoms with Gasteiger partial charge in [0.1, 0.15) is 0 Å². The molecular formula is C14H25NOS2. The average Bonchev–Trinajstić information content (AvgIpc) is 2.81. The average molecular weight is 287 g/mol. The van der Waals surface area contributed by atoms with E-state index in [9.17, 15) is 5.11 Å². The Bertz CT molecular complexity index is 324. The summed E-state index contributed by atoms with van der Waals surface area (Å²) >= 11 is 0. The van der Waals surface area contributed by atoms with Crippen molar-refractivity contribution in [2.45, 2.75) is 44.2 Å². The van der Waals surface area contributed by atoms with E-state index in [0.717, 1.165) is 24.9 Å². The lowest BCUT2D eigenvalue weighted by molar-refractivity contribution is 0.0430. The molecule has 2 atom stereocenters. The Balaban J connectivity index is 0.00000144. The Morgan fingerprint density at radius 3 is 2.50 bits per heavy atom. The molecule has 0 bridgehead atoms. The zero-order valence-electron chi connectivity index (χ0n) is 10.9. The van der Waals surface area contributed by atoms with E-state index >= 15 is 0 Å². The summed E-state index contributed by atoms with van der Waals surface area (Å²) in [5.74, 6) is 0. The fraction of sp³-hybridized carbons (Fsp3) is 0.571. The molecule has 4 heteroatoms. The molecule has 1 aliphatic rings. The van der Waals surface area contributed by atoms with Crippen LogP contribution in [0.15, 0.2) is 30.3 Å². The monoisotopic (exact) mass is 287 g/mol. The molecule has 0 amide bonds. The quantitative estimate of drug-likeness (QED) is 0.892. The van der Waals surface area contributed by atoms with Gasteiger partial charge in [-0.25, -0.2) is 0 Å². The maximum atomic E-state index is 10.4. The second-order valence-electron chi connectivity index (χ2n) is 4.97. The van der Waals surface area contributed by atoms with Crippen molar-refractivity contribution in [1.29, 1.82) is 0 Å². The third-order valence-corrected chi connectivity index (χ3v) is 3.54. The Hall–Kier alpha value is -0.160. The third-order valence-electron chi connectivity index (χ3n) is 3.54. The minimum absolute atomic E-state index is 0. The van der Waals surface area contributed by atoms with E-state index in [1.807, 2.05) is 37.3 Å². The minimum atomic E-state index is -0.689. The van der Waals surface area contributed by atoms with Crippen LogP contribution in [-0.4, -0.2) is 17.7 Å². The zero-order valence-corrected chi connectivity index (χ0v) is 12.9. The molecule has 1 fully saturated rings. The molecule has 0 aliphatic carbocycles. The Morgan fingerprint density at radius 2 is 1.94 bits per heavy atom. The summed E-state index contributed by atoms with van der Waals surface area (Å²) in [6.45, 7) is 3.05. The van der Waals surface area contributed by atoms with Crippen LogP contribution in [0.3, 0.4) is 0 Å². The summed E-state index contributed by atoms with van der Waals surface area (Å²) in [7, 11) is 0. The first kappa shape index (κ1) is 17.8. The van der Waals surface area contributed by atoms with Crippen LogP contribution in [0.5, 0.6) is 0 Å². The SMILES string of the molecule is C[C@](O)(CC[C@@H]1CCCN1)c1ccccc1.S.S. The first-order valence-electron chi connectivity index (χ1n) is 6.20. The second kappa shape index (κ2) is 8.10. The lowest BCUT2D eigenvalue weighted by Crippen LogP contribution is -2.27. The fourth-order valence-corrected chi connectivity index (χ4v) is 2.40. The van der Waals surface area contributed by atoms with Gasteiger partial charge >= 0.3 is 0 Å². The molecule has 2 nitrogen and oxygen atoms in total. The maximum Gasteiger partial charge on any atom is 0.0869 e. The highest BCUT2D eigenvalue weighted by molar-refractivity contribution is 7.59. The normalized spacial score (nSPS) is 21.6. The summed E-state index contributed by atoms with van der Waals surface area (Å²) in [6.07, 6.45) is 4.42. The number of hydrogen-bond donors (Lipinski definition) is 2. The van der Waals surface area contributed by atoms with E-state index in [1.54, 1.807) is 0 Å². The predicted molar refractivity (Wildman–Crippen MR) is 87.0 cm³/mol. The van der Waals surface area contributed by atoms with Crippen molar-refractivity contribution < 1.29 is 5.11 Å². The van der Waals surface area contributed by atoms with Gasteiger partial charge in [0.2, 0.25) is 0 Å². The molecular weight excluding hydrogens is 262 g/mol. The third kappa shape index (κ3) is 4.84. The van der Waals surface area contributed by atoms with Crippen molar-refractivity contribution in [3.05, 3.63) is 35.9 Å². The molecule has 0 radical (unpaired) electrons. The van der Waals surface area contributed by atoms with Crippen LogP contribution >= 0.6 is 27.0 Å². The zero-order chi connectivity index (χ0) is 11.4. The first-order chi connectivity index (χ1) is 7.68. The highest BCUT2D eigenvalue weighted by Crippen LogP contribution is 2.27. The van der Waals surface area contributed by atoms with Gasteiger partial charge in [-0.05, 0) is 44.7 Å². The number of rotatable bonds is 4. The lowest BCUT2D eigenvalue weighted by atomic mass is 9.89. The van der Waals surface area contributed by atoms with Crippen LogP contribution in [0.4, 0.5) is 0 Å². The van der Waals surface area contributed by atoms with Crippen LogP contribution in [0.25, 0.3) is 0 Å². The molecule has 18 heavy (non-hydrogen) atoms. The number of hydrogen-bond acceptors (Lipinski definition) is 2. The minimum Gasteiger partial charge on any atom is -0.385 e.